The number of hydrogen-bond donors (Lipinski definition) is 0. The fraction of sp³-hybridized carbons (Fsp3) is 0.389. The Hall–Kier alpha value is -2.63. The quantitative estimate of drug-likeness (QED) is 0.725. The highest BCUT2D eigenvalue weighted by molar-refractivity contribution is 5.89. The molecule has 124 valence electrons. The molecule has 24 heavy (non-hydrogen) atoms. The molecule has 1 aliphatic heterocycles. The topological polar surface area (TPSA) is 50.1 Å². The molecule has 3 aromatic rings. The highest BCUT2D eigenvalue weighted by Crippen LogP contribution is 2.27. The summed E-state index contributed by atoms with van der Waals surface area (Å²) >= 11 is 0. The van der Waals surface area contributed by atoms with Crippen molar-refractivity contribution < 1.29 is 0 Å². The lowest BCUT2D eigenvalue weighted by Gasteiger charge is -2.37. The molecule has 1 aromatic carbocycles. The lowest BCUT2D eigenvalue weighted by atomic mass is 10.2. The maximum absolute atomic E-state index is 4.56. The van der Waals surface area contributed by atoms with Crippen LogP contribution in [0.1, 0.15) is 11.3 Å². The van der Waals surface area contributed by atoms with Crippen LogP contribution in [0.2, 0.25) is 0 Å². The van der Waals surface area contributed by atoms with E-state index in [1.54, 1.807) is 6.33 Å². The number of aromatic nitrogens is 4. The van der Waals surface area contributed by atoms with E-state index in [0.29, 0.717) is 0 Å². The van der Waals surface area contributed by atoms with Gasteiger partial charge in [-0.25, -0.2) is 9.97 Å². The van der Waals surface area contributed by atoms with E-state index in [4.69, 9.17) is 0 Å². The summed E-state index contributed by atoms with van der Waals surface area (Å²) < 4.78 is 1.83. The first-order valence-corrected chi connectivity index (χ1v) is 8.34. The van der Waals surface area contributed by atoms with Gasteiger partial charge in [0.2, 0.25) is 0 Å². The minimum atomic E-state index is 0.901. The van der Waals surface area contributed by atoms with Crippen LogP contribution in [0.15, 0.2) is 30.6 Å². The minimum Gasteiger partial charge on any atom is -0.368 e. The van der Waals surface area contributed by atoms with Crippen molar-refractivity contribution in [1.29, 1.82) is 0 Å². The van der Waals surface area contributed by atoms with Crippen LogP contribution >= 0.6 is 0 Å². The summed E-state index contributed by atoms with van der Waals surface area (Å²) in [7, 11) is 1.93. The number of anilines is 2. The summed E-state index contributed by atoms with van der Waals surface area (Å²) in [6, 6.07) is 8.72. The third-order valence-electron chi connectivity index (χ3n) is 4.72. The number of aryl methyl sites for hydroxylation is 3. The van der Waals surface area contributed by atoms with Crippen molar-refractivity contribution in [1.82, 2.24) is 19.7 Å². The molecule has 1 aliphatic rings. The van der Waals surface area contributed by atoms with Crippen LogP contribution in [0, 0.1) is 13.8 Å². The van der Waals surface area contributed by atoms with E-state index in [2.05, 4.69) is 56.1 Å². The number of nitrogens with zero attached hydrogens (tertiary/aromatic N) is 6. The number of hydrogen-bond acceptors (Lipinski definition) is 5. The monoisotopic (exact) mass is 322 g/mol. The zero-order valence-corrected chi connectivity index (χ0v) is 14.4. The molecule has 6 nitrogen and oxygen atoms in total. The summed E-state index contributed by atoms with van der Waals surface area (Å²) in [5, 5.41) is 5.57. The molecule has 1 saturated heterocycles. The molecule has 4 rings (SSSR count). The second kappa shape index (κ2) is 5.78. The zero-order valence-electron chi connectivity index (χ0n) is 14.4. The SMILES string of the molecule is Cc1cccc(N2CCN(c3ncnc4c3c(C)nn4C)CC2)c1. The van der Waals surface area contributed by atoms with E-state index in [9.17, 15) is 0 Å². The van der Waals surface area contributed by atoms with Gasteiger partial charge in [-0.3, -0.25) is 4.68 Å². The van der Waals surface area contributed by atoms with Crippen molar-refractivity contribution in [3.05, 3.63) is 41.9 Å². The van der Waals surface area contributed by atoms with Gasteiger partial charge in [0.1, 0.15) is 12.1 Å². The summed E-state index contributed by atoms with van der Waals surface area (Å²) in [6.07, 6.45) is 1.64. The number of rotatable bonds is 2. The Labute approximate surface area is 141 Å². The molecular formula is C18H22N6. The average Bonchev–Trinajstić information content (AvgIpc) is 2.90. The van der Waals surface area contributed by atoms with Crippen LogP contribution < -0.4 is 9.80 Å². The normalized spacial score (nSPS) is 15.3. The van der Waals surface area contributed by atoms with Crippen molar-refractivity contribution in [2.45, 2.75) is 13.8 Å². The first kappa shape index (κ1) is 14.9. The molecule has 2 aromatic heterocycles. The van der Waals surface area contributed by atoms with Gasteiger partial charge in [0, 0.05) is 38.9 Å². The van der Waals surface area contributed by atoms with Gasteiger partial charge in [0.05, 0.1) is 11.1 Å². The Kier molecular flexibility index (Phi) is 3.59. The lowest BCUT2D eigenvalue weighted by molar-refractivity contribution is 0.648. The van der Waals surface area contributed by atoms with Crippen molar-refractivity contribution in [2.24, 2.45) is 7.05 Å². The van der Waals surface area contributed by atoms with E-state index >= 15 is 0 Å². The Morgan fingerprint density at radius 1 is 0.958 bits per heavy atom. The van der Waals surface area contributed by atoms with E-state index in [1.165, 1.54) is 11.3 Å². The van der Waals surface area contributed by atoms with Gasteiger partial charge in [-0.05, 0) is 31.5 Å². The van der Waals surface area contributed by atoms with Crippen molar-refractivity contribution in [3.8, 4) is 0 Å². The molecule has 0 atom stereocenters. The Morgan fingerprint density at radius 2 is 1.71 bits per heavy atom. The predicted molar refractivity (Wildman–Crippen MR) is 96.6 cm³/mol. The predicted octanol–water partition coefficient (Wildman–Crippen LogP) is 2.31. The summed E-state index contributed by atoms with van der Waals surface area (Å²) in [5.41, 5.74) is 4.50. The molecule has 0 N–H and O–H groups in total. The molecule has 0 amide bonds. The van der Waals surface area contributed by atoms with Gasteiger partial charge in [0.15, 0.2) is 5.65 Å². The molecular weight excluding hydrogens is 300 g/mol. The van der Waals surface area contributed by atoms with Crippen LogP contribution in [0.25, 0.3) is 11.0 Å². The van der Waals surface area contributed by atoms with E-state index in [0.717, 1.165) is 48.7 Å². The largest absolute Gasteiger partial charge is 0.368 e. The molecule has 0 aliphatic carbocycles. The summed E-state index contributed by atoms with van der Waals surface area (Å²) in [5.74, 6) is 1.01. The van der Waals surface area contributed by atoms with Crippen molar-refractivity contribution >= 4 is 22.5 Å². The van der Waals surface area contributed by atoms with Gasteiger partial charge in [-0.2, -0.15) is 5.10 Å². The zero-order chi connectivity index (χ0) is 16.7. The van der Waals surface area contributed by atoms with E-state index < -0.39 is 0 Å². The fourth-order valence-electron chi connectivity index (χ4n) is 3.50. The lowest BCUT2D eigenvalue weighted by Crippen LogP contribution is -2.47. The van der Waals surface area contributed by atoms with Crippen LogP contribution in [-0.4, -0.2) is 45.9 Å². The van der Waals surface area contributed by atoms with Crippen molar-refractivity contribution in [3.63, 3.8) is 0 Å². The van der Waals surface area contributed by atoms with Gasteiger partial charge in [-0.15, -0.1) is 0 Å². The molecule has 0 unspecified atom stereocenters. The van der Waals surface area contributed by atoms with Crippen LogP contribution in [-0.2, 0) is 7.05 Å². The molecule has 0 bridgehead atoms. The Morgan fingerprint density at radius 3 is 2.46 bits per heavy atom. The van der Waals surface area contributed by atoms with Gasteiger partial charge in [0.25, 0.3) is 0 Å². The maximum atomic E-state index is 4.56. The third kappa shape index (κ3) is 2.48. The molecule has 1 fully saturated rings. The Balaban J connectivity index is 1.58. The smallest absolute Gasteiger partial charge is 0.163 e. The van der Waals surface area contributed by atoms with Crippen LogP contribution in [0.4, 0.5) is 11.5 Å². The van der Waals surface area contributed by atoms with Crippen LogP contribution in [0.5, 0.6) is 0 Å². The van der Waals surface area contributed by atoms with E-state index in [-0.39, 0.29) is 0 Å². The molecule has 6 heteroatoms. The minimum absolute atomic E-state index is 0.901. The number of piperazine rings is 1. The second-order valence-corrected chi connectivity index (χ2v) is 6.42. The van der Waals surface area contributed by atoms with Crippen molar-refractivity contribution in [2.75, 3.05) is 36.0 Å². The second-order valence-electron chi connectivity index (χ2n) is 6.42. The first-order chi connectivity index (χ1) is 11.6. The number of fused-ring (bicyclic) bond motifs is 1. The summed E-state index contributed by atoms with van der Waals surface area (Å²) in [4.78, 5) is 13.7. The molecule has 0 radical (unpaired) electrons. The standard InChI is InChI=1S/C18H22N6/c1-13-5-4-6-15(11-13)23-7-9-24(10-8-23)18-16-14(2)21-22(3)17(16)19-12-20-18/h4-6,11-12H,7-10H2,1-3H3. The molecule has 0 saturated carbocycles. The highest BCUT2D eigenvalue weighted by atomic mass is 15.3. The molecule has 0 spiro atoms. The van der Waals surface area contributed by atoms with Gasteiger partial charge in [-0.1, -0.05) is 12.1 Å². The van der Waals surface area contributed by atoms with Crippen LogP contribution in [0.3, 0.4) is 0 Å². The average molecular weight is 322 g/mol. The third-order valence-corrected chi connectivity index (χ3v) is 4.72. The van der Waals surface area contributed by atoms with E-state index in [1.807, 2.05) is 18.7 Å². The molecule has 3 heterocycles. The maximum Gasteiger partial charge on any atom is 0.163 e. The fourth-order valence-corrected chi connectivity index (χ4v) is 3.50. The number of benzene rings is 1. The summed E-state index contributed by atoms with van der Waals surface area (Å²) in [6.45, 7) is 8.06. The Bertz CT molecular complexity index is 876. The first-order valence-electron chi connectivity index (χ1n) is 8.34. The van der Waals surface area contributed by atoms with Gasteiger partial charge >= 0.3 is 0 Å². The van der Waals surface area contributed by atoms with Gasteiger partial charge < -0.3 is 9.80 Å². The highest BCUT2D eigenvalue weighted by Gasteiger charge is 2.22.